The molecule has 18 heavy (non-hydrogen) atoms. The van der Waals surface area contributed by atoms with Gasteiger partial charge in [0.1, 0.15) is 0 Å². The molecule has 0 amide bonds. The first-order chi connectivity index (χ1) is 8.67. The summed E-state index contributed by atoms with van der Waals surface area (Å²) in [6, 6.07) is 0. The van der Waals surface area contributed by atoms with Crippen LogP contribution in [0.15, 0.2) is 4.52 Å². The van der Waals surface area contributed by atoms with Gasteiger partial charge in [-0.05, 0) is 12.3 Å². The fourth-order valence-electron chi connectivity index (χ4n) is 2.16. The van der Waals surface area contributed by atoms with Crippen molar-refractivity contribution in [2.24, 2.45) is 5.92 Å². The lowest BCUT2D eigenvalue weighted by Crippen LogP contribution is -2.46. The molecule has 1 saturated heterocycles. The zero-order valence-corrected chi connectivity index (χ0v) is 10.6. The van der Waals surface area contributed by atoms with Crippen molar-refractivity contribution in [2.45, 2.75) is 39.2 Å². The number of hydrogen-bond acceptors (Lipinski definition) is 5. The van der Waals surface area contributed by atoms with Crippen LogP contribution in [0.1, 0.15) is 37.9 Å². The number of carbonyl (C=O) groups is 1. The van der Waals surface area contributed by atoms with E-state index in [4.69, 9.17) is 9.63 Å². The summed E-state index contributed by atoms with van der Waals surface area (Å²) in [6.45, 7) is 4.37. The number of aryl methyl sites for hydroxylation is 1. The molecule has 1 aromatic heterocycles. The maximum atomic E-state index is 10.5. The van der Waals surface area contributed by atoms with Crippen LogP contribution in [-0.4, -0.2) is 39.2 Å². The fraction of sp³-hybridized carbons (Fsp3) is 0.750. The standard InChI is InChI=1S/C12H19N3O3/c1-2-3-4-10-13-11(18-14-10)8-15-6-9(7-15)5-12(16)17/h9H,2-8H2,1H3,(H,16,17). The average molecular weight is 253 g/mol. The Hall–Kier alpha value is -1.43. The first-order valence-corrected chi connectivity index (χ1v) is 6.43. The quantitative estimate of drug-likeness (QED) is 0.789. The molecule has 0 spiro atoms. The van der Waals surface area contributed by atoms with Crippen molar-refractivity contribution in [1.29, 1.82) is 0 Å². The lowest BCUT2D eigenvalue weighted by atomic mass is 9.97. The third-order valence-electron chi connectivity index (χ3n) is 3.12. The highest BCUT2D eigenvalue weighted by atomic mass is 16.5. The van der Waals surface area contributed by atoms with E-state index < -0.39 is 5.97 Å². The van der Waals surface area contributed by atoms with Gasteiger partial charge in [0, 0.05) is 19.5 Å². The number of unbranched alkanes of at least 4 members (excludes halogenated alkanes) is 1. The maximum Gasteiger partial charge on any atom is 0.303 e. The Labute approximate surface area is 106 Å². The Morgan fingerprint density at radius 1 is 1.56 bits per heavy atom. The van der Waals surface area contributed by atoms with Crippen molar-refractivity contribution < 1.29 is 14.4 Å². The van der Waals surface area contributed by atoms with Crippen LogP contribution in [-0.2, 0) is 17.8 Å². The smallest absolute Gasteiger partial charge is 0.303 e. The minimum Gasteiger partial charge on any atom is -0.481 e. The number of aliphatic carboxylic acids is 1. The van der Waals surface area contributed by atoms with Gasteiger partial charge in [-0.25, -0.2) is 0 Å². The Morgan fingerprint density at radius 3 is 3.00 bits per heavy atom. The third kappa shape index (κ3) is 3.53. The molecule has 1 N–H and O–H groups in total. The highest BCUT2D eigenvalue weighted by Crippen LogP contribution is 2.20. The molecule has 0 saturated carbocycles. The van der Waals surface area contributed by atoms with Crippen molar-refractivity contribution in [3.05, 3.63) is 11.7 Å². The largest absolute Gasteiger partial charge is 0.481 e. The van der Waals surface area contributed by atoms with Gasteiger partial charge >= 0.3 is 5.97 Å². The number of likely N-dealkylation sites (tertiary alicyclic amines) is 1. The molecule has 1 aromatic rings. The third-order valence-corrected chi connectivity index (χ3v) is 3.12. The zero-order valence-electron chi connectivity index (χ0n) is 10.6. The summed E-state index contributed by atoms with van der Waals surface area (Å²) in [5, 5.41) is 12.6. The zero-order chi connectivity index (χ0) is 13.0. The molecular formula is C12H19N3O3. The molecule has 0 aromatic carbocycles. The number of hydrogen-bond donors (Lipinski definition) is 1. The molecular weight excluding hydrogens is 234 g/mol. The van der Waals surface area contributed by atoms with Crippen molar-refractivity contribution in [3.8, 4) is 0 Å². The molecule has 2 heterocycles. The van der Waals surface area contributed by atoms with E-state index >= 15 is 0 Å². The van der Waals surface area contributed by atoms with Gasteiger partial charge in [-0.2, -0.15) is 4.98 Å². The molecule has 0 unspecified atom stereocenters. The molecule has 1 fully saturated rings. The van der Waals surface area contributed by atoms with Crippen LogP contribution in [0.4, 0.5) is 0 Å². The highest BCUT2D eigenvalue weighted by molar-refractivity contribution is 5.67. The van der Waals surface area contributed by atoms with Gasteiger partial charge < -0.3 is 9.63 Å². The van der Waals surface area contributed by atoms with E-state index in [0.717, 1.165) is 38.2 Å². The van der Waals surface area contributed by atoms with Crippen LogP contribution in [0, 0.1) is 5.92 Å². The molecule has 0 radical (unpaired) electrons. The first kappa shape index (κ1) is 13.0. The molecule has 2 rings (SSSR count). The molecule has 6 heteroatoms. The molecule has 0 atom stereocenters. The average Bonchev–Trinajstić information content (AvgIpc) is 2.70. The van der Waals surface area contributed by atoms with Gasteiger partial charge in [-0.3, -0.25) is 9.69 Å². The predicted molar refractivity (Wildman–Crippen MR) is 63.9 cm³/mol. The Morgan fingerprint density at radius 2 is 2.33 bits per heavy atom. The lowest BCUT2D eigenvalue weighted by molar-refractivity contribution is -0.139. The number of carboxylic acid groups (broad SMARTS) is 1. The summed E-state index contributed by atoms with van der Waals surface area (Å²) in [4.78, 5) is 17.0. The van der Waals surface area contributed by atoms with E-state index in [-0.39, 0.29) is 12.3 Å². The van der Waals surface area contributed by atoms with Gasteiger partial charge in [0.05, 0.1) is 13.0 Å². The monoisotopic (exact) mass is 253 g/mol. The minimum atomic E-state index is -0.723. The SMILES string of the molecule is CCCCc1noc(CN2CC(CC(=O)O)C2)n1. The number of nitrogens with zero attached hydrogens (tertiary/aromatic N) is 3. The lowest BCUT2D eigenvalue weighted by Gasteiger charge is -2.37. The van der Waals surface area contributed by atoms with Crippen LogP contribution >= 0.6 is 0 Å². The van der Waals surface area contributed by atoms with Crippen LogP contribution in [0.2, 0.25) is 0 Å². The summed E-state index contributed by atoms with van der Waals surface area (Å²) in [5.74, 6) is 0.952. The first-order valence-electron chi connectivity index (χ1n) is 6.43. The van der Waals surface area contributed by atoms with Gasteiger partial charge in [0.15, 0.2) is 5.82 Å². The molecule has 1 aliphatic rings. The fourth-order valence-corrected chi connectivity index (χ4v) is 2.16. The summed E-state index contributed by atoms with van der Waals surface area (Å²) in [7, 11) is 0. The van der Waals surface area contributed by atoms with Gasteiger partial charge in [0.2, 0.25) is 5.89 Å². The van der Waals surface area contributed by atoms with E-state index in [9.17, 15) is 4.79 Å². The van der Waals surface area contributed by atoms with Crippen molar-refractivity contribution in [2.75, 3.05) is 13.1 Å². The predicted octanol–water partition coefficient (Wildman–Crippen LogP) is 1.32. The second-order valence-electron chi connectivity index (χ2n) is 4.87. The Kier molecular flexibility index (Phi) is 4.30. The molecule has 0 bridgehead atoms. The van der Waals surface area contributed by atoms with Crippen molar-refractivity contribution in [1.82, 2.24) is 15.0 Å². The van der Waals surface area contributed by atoms with E-state index in [0.29, 0.717) is 12.4 Å². The summed E-state index contributed by atoms with van der Waals surface area (Å²) in [5.41, 5.74) is 0. The summed E-state index contributed by atoms with van der Waals surface area (Å²) >= 11 is 0. The van der Waals surface area contributed by atoms with Crippen LogP contribution in [0.3, 0.4) is 0 Å². The van der Waals surface area contributed by atoms with Crippen LogP contribution in [0.5, 0.6) is 0 Å². The molecule has 1 aliphatic heterocycles. The molecule has 6 nitrogen and oxygen atoms in total. The number of carboxylic acids is 1. The van der Waals surface area contributed by atoms with E-state index in [1.807, 2.05) is 0 Å². The normalized spacial score (nSPS) is 16.7. The Bertz CT molecular complexity index is 399. The molecule has 0 aliphatic carbocycles. The molecule has 100 valence electrons. The van der Waals surface area contributed by atoms with Gasteiger partial charge in [-0.1, -0.05) is 18.5 Å². The summed E-state index contributed by atoms with van der Waals surface area (Å²) < 4.78 is 5.17. The van der Waals surface area contributed by atoms with Crippen molar-refractivity contribution in [3.63, 3.8) is 0 Å². The van der Waals surface area contributed by atoms with Crippen LogP contribution < -0.4 is 0 Å². The van der Waals surface area contributed by atoms with E-state index in [2.05, 4.69) is 22.0 Å². The summed E-state index contributed by atoms with van der Waals surface area (Å²) in [6.07, 6.45) is 3.31. The second-order valence-corrected chi connectivity index (χ2v) is 4.87. The van der Waals surface area contributed by atoms with Crippen LogP contribution in [0.25, 0.3) is 0 Å². The maximum absolute atomic E-state index is 10.5. The van der Waals surface area contributed by atoms with E-state index in [1.54, 1.807) is 0 Å². The number of rotatable bonds is 7. The van der Waals surface area contributed by atoms with E-state index in [1.165, 1.54) is 0 Å². The second kappa shape index (κ2) is 5.95. The van der Waals surface area contributed by atoms with Crippen molar-refractivity contribution >= 4 is 5.97 Å². The minimum absolute atomic E-state index is 0.252. The van der Waals surface area contributed by atoms with Gasteiger partial charge in [0.25, 0.3) is 0 Å². The number of aromatic nitrogens is 2. The Balaban J connectivity index is 1.71. The highest BCUT2D eigenvalue weighted by Gasteiger charge is 2.29. The van der Waals surface area contributed by atoms with Gasteiger partial charge in [-0.15, -0.1) is 0 Å². The topological polar surface area (TPSA) is 79.5 Å².